The van der Waals surface area contributed by atoms with Crippen molar-refractivity contribution < 1.29 is 13.6 Å². The van der Waals surface area contributed by atoms with Gasteiger partial charge in [0.1, 0.15) is 11.6 Å². The van der Waals surface area contributed by atoms with Crippen molar-refractivity contribution in [3.63, 3.8) is 0 Å². The van der Waals surface area contributed by atoms with Gasteiger partial charge in [-0.05, 0) is 31.2 Å². The first-order valence-electron chi connectivity index (χ1n) is 7.87. The minimum absolute atomic E-state index is 0.0895. The van der Waals surface area contributed by atoms with E-state index in [1.54, 1.807) is 20.3 Å². The fourth-order valence-electron chi connectivity index (χ4n) is 3.14. The average Bonchev–Trinajstić information content (AvgIpc) is 3.18. The number of H-pyrrole nitrogens is 1. The summed E-state index contributed by atoms with van der Waals surface area (Å²) in [7, 11) is 3.40. The maximum atomic E-state index is 13.8. The van der Waals surface area contributed by atoms with E-state index in [4.69, 9.17) is 0 Å². The van der Waals surface area contributed by atoms with Gasteiger partial charge in [0.15, 0.2) is 0 Å². The van der Waals surface area contributed by atoms with Crippen LogP contribution >= 0.6 is 0 Å². The number of carbonyl (C=O) groups excluding carboxylic acids is 1. The molecule has 0 aliphatic carbocycles. The lowest BCUT2D eigenvalue weighted by molar-refractivity contribution is 0.0826. The Hall–Kier alpha value is -2.28. The van der Waals surface area contributed by atoms with Crippen LogP contribution < -0.4 is 0 Å². The fraction of sp³-hybridized carbons (Fsp3) is 0.412. The van der Waals surface area contributed by atoms with E-state index in [0.717, 1.165) is 30.8 Å². The molecule has 0 radical (unpaired) electrons. The quantitative estimate of drug-likeness (QED) is 0.934. The second-order valence-electron chi connectivity index (χ2n) is 6.35. The van der Waals surface area contributed by atoms with Crippen molar-refractivity contribution in [2.24, 2.45) is 0 Å². The van der Waals surface area contributed by atoms with Crippen LogP contribution in [-0.2, 0) is 6.54 Å². The Morgan fingerprint density at radius 3 is 2.96 bits per heavy atom. The van der Waals surface area contributed by atoms with Gasteiger partial charge in [0, 0.05) is 38.7 Å². The van der Waals surface area contributed by atoms with Gasteiger partial charge in [-0.3, -0.25) is 14.8 Å². The maximum Gasteiger partial charge on any atom is 0.256 e. The highest BCUT2D eigenvalue weighted by Gasteiger charge is 2.29. The summed E-state index contributed by atoms with van der Waals surface area (Å²) in [6.45, 7) is 1.78. The van der Waals surface area contributed by atoms with Crippen molar-refractivity contribution in [1.29, 1.82) is 0 Å². The van der Waals surface area contributed by atoms with E-state index in [-0.39, 0.29) is 11.8 Å². The van der Waals surface area contributed by atoms with Gasteiger partial charge >= 0.3 is 0 Å². The van der Waals surface area contributed by atoms with Gasteiger partial charge in [-0.15, -0.1) is 0 Å². The molecule has 3 rings (SSSR count). The number of carbonyl (C=O) groups is 1. The summed E-state index contributed by atoms with van der Waals surface area (Å²) in [6, 6.07) is 3.51. The van der Waals surface area contributed by atoms with Crippen molar-refractivity contribution in [2.45, 2.75) is 18.9 Å². The lowest BCUT2D eigenvalue weighted by Gasteiger charge is -2.17. The molecule has 0 saturated carbocycles. The largest absolute Gasteiger partial charge is 0.345 e. The van der Waals surface area contributed by atoms with Crippen LogP contribution in [0, 0.1) is 11.6 Å². The van der Waals surface area contributed by atoms with Gasteiger partial charge in [-0.25, -0.2) is 8.78 Å². The Kier molecular flexibility index (Phi) is 4.62. The van der Waals surface area contributed by atoms with Crippen LogP contribution in [0.1, 0.15) is 34.0 Å². The van der Waals surface area contributed by atoms with Crippen molar-refractivity contribution in [2.75, 3.05) is 27.2 Å². The Labute approximate surface area is 139 Å². The molecule has 1 aromatic heterocycles. The average molecular weight is 334 g/mol. The van der Waals surface area contributed by atoms with Crippen LogP contribution in [0.15, 0.2) is 24.4 Å². The van der Waals surface area contributed by atoms with Crippen LogP contribution in [-0.4, -0.2) is 53.1 Å². The SMILES string of the molecule is CN(C)C(=O)c1cn[nH]c1[C@H]1CCN(Cc2cc(F)ccc2F)C1. The third-order valence-corrected chi connectivity index (χ3v) is 4.39. The molecule has 128 valence electrons. The topological polar surface area (TPSA) is 52.2 Å². The summed E-state index contributed by atoms with van der Waals surface area (Å²) < 4.78 is 27.1. The number of rotatable bonds is 4. The predicted molar refractivity (Wildman–Crippen MR) is 85.6 cm³/mol. The molecule has 2 heterocycles. The summed E-state index contributed by atoms with van der Waals surface area (Å²) >= 11 is 0. The monoisotopic (exact) mass is 334 g/mol. The van der Waals surface area contributed by atoms with E-state index in [9.17, 15) is 13.6 Å². The van der Waals surface area contributed by atoms with Gasteiger partial charge in [-0.1, -0.05) is 0 Å². The molecule has 1 aliphatic rings. The normalized spacial score (nSPS) is 18.1. The highest BCUT2D eigenvalue weighted by molar-refractivity contribution is 5.94. The summed E-state index contributed by atoms with van der Waals surface area (Å²) in [6.07, 6.45) is 2.39. The molecule has 0 unspecified atom stereocenters. The third kappa shape index (κ3) is 3.31. The van der Waals surface area contributed by atoms with Gasteiger partial charge in [0.25, 0.3) is 5.91 Å². The van der Waals surface area contributed by atoms with Crippen LogP contribution in [0.3, 0.4) is 0 Å². The molecule has 1 saturated heterocycles. The number of likely N-dealkylation sites (tertiary alicyclic amines) is 1. The Morgan fingerprint density at radius 2 is 2.21 bits per heavy atom. The van der Waals surface area contributed by atoms with Crippen LogP contribution in [0.25, 0.3) is 0 Å². The predicted octanol–water partition coefficient (Wildman–Crippen LogP) is 2.38. The molecule has 1 aliphatic heterocycles. The minimum Gasteiger partial charge on any atom is -0.345 e. The van der Waals surface area contributed by atoms with Gasteiger partial charge < -0.3 is 4.90 Å². The Balaban J connectivity index is 1.71. The number of hydrogen-bond donors (Lipinski definition) is 1. The van der Waals surface area contributed by atoms with Gasteiger partial charge in [-0.2, -0.15) is 5.10 Å². The van der Waals surface area contributed by atoms with Gasteiger partial charge in [0.2, 0.25) is 0 Å². The first kappa shape index (κ1) is 16.6. The molecule has 1 amide bonds. The molecule has 0 spiro atoms. The number of benzene rings is 1. The molecule has 1 fully saturated rings. The van der Waals surface area contributed by atoms with Crippen LogP contribution in [0.2, 0.25) is 0 Å². The molecule has 2 aromatic rings. The van der Waals surface area contributed by atoms with E-state index in [1.165, 1.54) is 11.0 Å². The zero-order chi connectivity index (χ0) is 17.3. The minimum atomic E-state index is -0.436. The lowest BCUT2D eigenvalue weighted by Crippen LogP contribution is -2.24. The molecule has 24 heavy (non-hydrogen) atoms. The molecule has 5 nitrogen and oxygen atoms in total. The summed E-state index contributed by atoms with van der Waals surface area (Å²) in [5.74, 6) is -0.796. The number of nitrogens with one attached hydrogen (secondary N) is 1. The van der Waals surface area contributed by atoms with Crippen molar-refractivity contribution in [3.05, 3.63) is 52.9 Å². The summed E-state index contributed by atoms with van der Waals surface area (Å²) in [4.78, 5) is 15.8. The number of aromatic amines is 1. The standard InChI is InChI=1S/C17H20F2N4O/c1-22(2)17(24)14-8-20-21-16(14)11-5-6-23(9-11)10-12-7-13(18)3-4-15(12)19/h3-4,7-8,11H,5-6,9-10H2,1-2H3,(H,20,21)/t11-/m0/s1. The van der Waals surface area contributed by atoms with Crippen LogP contribution in [0.5, 0.6) is 0 Å². The Morgan fingerprint density at radius 1 is 1.42 bits per heavy atom. The molecular weight excluding hydrogens is 314 g/mol. The van der Waals surface area contributed by atoms with Crippen molar-refractivity contribution >= 4 is 5.91 Å². The van der Waals surface area contributed by atoms with Crippen LogP contribution in [0.4, 0.5) is 8.78 Å². The zero-order valence-corrected chi connectivity index (χ0v) is 13.7. The number of aromatic nitrogens is 2. The summed E-state index contributed by atoms with van der Waals surface area (Å²) in [5, 5.41) is 6.93. The van der Waals surface area contributed by atoms with E-state index in [0.29, 0.717) is 24.2 Å². The molecule has 1 N–H and O–H groups in total. The number of hydrogen-bond acceptors (Lipinski definition) is 3. The van der Waals surface area contributed by atoms with E-state index < -0.39 is 11.6 Å². The summed E-state index contributed by atoms with van der Waals surface area (Å²) in [5.41, 5.74) is 1.74. The highest BCUT2D eigenvalue weighted by atomic mass is 19.1. The first-order valence-corrected chi connectivity index (χ1v) is 7.87. The van der Waals surface area contributed by atoms with E-state index >= 15 is 0 Å². The number of nitrogens with zero attached hydrogens (tertiary/aromatic N) is 3. The van der Waals surface area contributed by atoms with Crippen molar-refractivity contribution in [3.8, 4) is 0 Å². The van der Waals surface area contributed by atoms with E-state index in [2.05, 4.69) is 15.1 Å². The highest BCUT2D eigenvalue weighted by Crippen LogP contribution is 2.29. The van der Waals surface area contributed by atoms with Gasteiger partial charge in [0.05, 0.1) is 17.5 Å². The first-order chi connectivity index (χ1) is 11.5. The molecular formula is C17H20F2N4O. The maximum absolute atomic E-state index is 13.8. The third-order valence-electron chi connectivity index (χ3n) is 4.39. The smallest absolute Gasteiger partial charge is 0.256 e. The second-order valence-corrected chi connectivity index (χ2v) is 6.35. The lowest BCUT2D eigenvalue weighted by atomic mass is 10.0. The van der Waals surface area contributed by atoms with Crippen molar-refractivity contribution in [1.82, 2.24) is 20.0 Å². The molecule has 1 atom stereocenters. The second kappa shape index (κ2) is 6.68. The molecule has 1 aromatic carbocycles. The fourth-order valence-corrected chi connectivity index (χ4v) is 3.14. The Bertz CT molecular complexity index is 744. The molecule has 7 heteroatoms. The van der Waals surface area contributed by atoms with E-state index in [1.807, 2.05) is 0 Å². The number of amides is 1. The zero-order valence-electron chi connectivity index (χ0n) is 13.7. The molecule has 0 bridgehead atoms. The number of halogens is 2.